The van der Waals surface area contributed by atoms with Gasteiger partial charge in [-0.1, -0.05) is 49.1 Å². The van der Waals surface area contributed by atoms with Gasteiger partial charge in [-0.3, -0.25) is 9.78 Å². The lowest BCUT2D eigenvalue weighted by molar-refractivity contribution is 0.0956. The van der Waals surface area contributed by atoms with E-state index >= 15 is 0 Å². The van der Waals surface area contributed by atoms with Crippen LogP contribution in [0.25, 0.3) is 22.3 Å². The van der Waals surface area contributed by atoms with Gasteiger partial charge in [0, 0.05) is 11.6 Å². The number of hydrogen-bond acceptors (Lipinski definition) is 5. The Bertz CT molecular complexity index is 1250. The molecule has 1 N–H and O–H groups in total. The van der Waals surface area contributed by atoms with Crippen molar-refractivity contribution in [1.82, 2.24) is 15.4 Å². The summed E-state index contributed by atoms with van der Waals surface area (Å²) in [6.07, 6.45) is 4.95. The van der Waals surface area contributed by atoms with E-state index in [4.69, 9.17) is 4.74 Å². The number of carbonyl (C=O) groups excluding carboxylic acids is 1. The number of rotatable bonds is 7. The highest BCUT2D eigenvalue weighted by molar-refractivity contribution is 6.07. The van der Waals surface area contributed by atoms with E-state index in [9.17, 15) is 4.79 Å². The van der Waals surface area contributed by atoms with Crippen molar-refractivity contribution < 1.29 is 9.53 Å². The summed E-state index contributed by atoms with van der Waals surface area (Å²) >= 11 is 0. The molecule has 2 heterocycles. The Hall–Kier alpha value is -4.32. The van der Waals surface area contributed by atoms with Gasteiger partial charge in [0.15, 0.2) is 0 Å². The Labute approximate surface area is 179 Å². The van der Waals surface area contributed by atoms with E-state index in [0.29, 0.717) is 34.8 Å². The number of ether oxygens (including phenoxy) is 1. The smallest absolute Gasteiger partial charge is 0.272 e. The van der Waals surface area contributed by atoms with Crippen LogP contribution in [0.15, 0.2) is 96.7 Å². The van der Waals surface area contributed by atoms with Gasteiger partial charge >= 0.3 is 0 Å². The van der Waals surface area contributed by atoms with Crippen molar-refractivity contribution in [2.24, 2.45) is 5.10 Å². The zero-order valence-electron chi connectivity index (χ0n) is 16.7. The molecule has 31 heavy (non-hydrogen) atoms. The average Bonchev–Trinajstić information content (AvgIpc) is 2.83. The van der Waals surface area contributed by atoms with Crippen LogP contribution in [-0.2, 0) is 0 Å². The van der Waals surface area contributed by atoms with Gasteiger partial charge in [-0.05, 0) is 42.0 Å². The van der Waals surface area contributed by atoms with Crippen molar-refractivity contribution in [3.05, 3.63) is 103 Å². The van der Waals surface area contributed by atoms with Gasteiger partial charge in [0.2, 0.25) is 0 Å². The summed E-state index contributed by atoms with van der Waals surface area (Å²) in [5.74, 6) is 0.376. The minimum absolute atomic E-state index is 0.328. The number of amides is 1. The lowest BCUT2D eigenvalue weighted by atomic mass is 10.1. The Morgan fingerprint density at radius 1 is 1.03 bits per heavy atom. The fraction of sp³-hybridized carbons (Fsp3) is 0.0400. The van der Waals surface area contributed by atoms with E-state index in [2.05, 4.69) is 27.1 Å². The minimum atomic E-state index is -0.328. The maximum Gasteiger partial charge on any atom is 0.272 e. The molecule has 0 radical (unpaired) electrons. The van der Waals surface area contributed by atoms with E-state index in [-0.39, 0.29) is 5.91 Å². The number of nitrogens with zero attached hydrogens (tertiary/aromatic N) is 3. The molecule has 0 saturated carbocycles. The Balaban J connectivity index is 1.59. The monoisotopic (exact) mass is 408 g/mol. The number of benzene rings is 2. The van der Waals surface area contributed by atoms with Crippen molar-refractivity contribution in [3.8, 4) is 17.1 Å². The van der Waals surface area contributed by atoms with Gasteiger partial charge in [0.25, 0.3) is 5.91 Å². The Kier molecular flexibility index (Phi) is 6.09. The number of para-hydroxylation sites is 1. The number of pyridine rings is 2. The molecular weight excluding hydrogens is 388 g/mol. The van der Waals surface area contributed by atoms with Crippen LogP contribution < -0.4 is 10.2 Å². The lowest BCUT2D eigenvalue weighted by Crippen LogP contribution is -2.18. The molecule has 152 valence electrons. The number of aromatic nitrogens is 2. The van der Waals surface area contributed by atoms with Crippen molar-refractivity contribution in [1.29, 1.82) is 0 Å². The summed E-state index contributed by atoms with van der Waals surface area (Å²) in [4.78, 5) is 21.9. The molecule has 2 aromatic carbocycles. The molecule has 0 spiro atoms. The van der Waals surface area contributed by atoms with Crippen LogP contribution in [0.4, 0.5) is 0 Å². The minimum Gasteiger partial charge on any atom is -0.490 e. The normalized spacial score (nSPS) is 10.8. The third-order valence-electron chi connectivity index (χ3n) is 4.49. The molecule has 0 fully saturated rings. The lowest BCUT2D eigenvalue weighted by Gasteiger charge is -2.08. The molecule has 6 nitrogen and oxygen atoms in total. The third-order valence-corrected chi connectivity index (χ3v) is 4.49. The molecule has 4 aromatic rings. The second kappa shape index (κ2) is 9.45. The second-order valence-corrected chi connectivity index (χ2v) is 6.66. The van der Waals surface area contributed by atoms with Crippen molar-refractivity contribution in [3.63, 3.8) is 0 Å². The van der Waals surface area contributed by atoms with Crippen LogP contribution in [0.1, 0.15) is 15.9 Å². The fourth-order valence-electron chi connectivity index (χ4n) is 3.07. The van der Waals surface area contributed by atoms with Gasteiger partial charge in [0.1, 0.15) is 12.4 Å². The highest BCUT2D eigenvalue weighted by atomic mass is 16.5. The predicted octanol–water partition coefficient (Wildman–Crippen LogP) is 4.63. The Morgan fingerprint density at radius 2 is 1.90 bits per heavy atom. The van der Waals surface area contributed by atoms with Gasteiger partial charge in [-0.15, -0.1) is 0 Å². The molecule has 0 aliphatic carbocycles. The number of carbonyl (C=O) groups is 1. The highest BCUT2D eigenvalue weighted by Crippen LogP contribution is 2.23. The summed E-state index contributed by atoms with van der Waals surface area (Å²) < 4.78 is 5.52. The molecule has 0 aliphatic heterocycles. The number of hydrogen-bond donors (Lipinski definition) is 1. The molecule has 1 amide bonds. The van der Waals surface area contributed by atoms with Crippen LogP contribution in [0.2, 0.25) is 0 Å². The summed E-state index contributed by atoms with van der Waals surface area (Å²) in [7, 11) is 0. The number of hydrazone groups is 1. The Morgan fingerprint density at radius 3 is 2.74 bits per heavy atom. The van der Waals surface area contributed by atoms with E-state index in [1.165, 1.54) is 0 Å². The van der Waals surface area contributed by atoms with E-state index in [0.717, 1.165) is 10.9 Å². The summed E-state index contributed by atoms with van der Waals surface area (Å²) in [5.41, 5.74) is 5.92. The van der Waals surface area contributed by atoms with Crippen LogP contribution in [0.3, 0.4) is 0 Å². The van der Waals surface area contributed by atoms with Gasteiger partial charge in [0.05, 0.1) is 28.7 Å². The predicted molar refractivity (Wildman–Crippen MR) is 122 cm³/mol. The average molecular weight is 408 g/mol. The van der Waals surface area contributed by atoms with E-state index in [1.807, 2.05) is 66.7 Å². The van der Waals surface area contributed by atoms with Crippen LogP contribution in [0.5, 0.6) is 5.75 Å². The van der Waals surface area contributed by atoms with Crippen molar-refractivity contribution >= 4 is 23.0 Å². The fourth-order valence-corrected chi connectivity index (χ4v) is 3.07. The molecule has 0 aliphatic rings. The zero-order chi connectivity index (χ0) is 21.5. The maximum absolute atomic E-state index is 12.9. The molecule has 6 heteroatoms. The molecule has 4 rings (SSSR count). The molecule has 0 atom stereocenters. The standard InChI is InChI=1S/C25H20N4O2/c1-2-14-31-19-9-7-8-18(15-19)17-27-29-25(30)21-16-24(23-12-5-6-13-26-23)28-22-11-4-3-10-20(21)22/h2-13,15-17H,1,14H2,(H,29,30)/b27-17-. The van der Waals surface area contributed by atoms with Gasteiger partial charge in [-0.2, -0.15) is 5.10 Å². The van der Waals surface area contributed by atoms with E-state index in [1.54, 1.807) is 24.6 Å². The quantitative estimate of drug-likeness (QED) is 0.275. The second-order valence-electron chi connectivity index (χ2n) is 6.66. The van der Waals surface area contributed by atoms with Crippen molar-refractivity contribution in [2.75, 3.05) is 6.61 Å². The zero-order valence-corrected chi connectivity index (χ0v) is 16.7. The third kappa shape index (κ3) is 4.82. The van der Waals surface area contributed by atoms with Crippen LogP contribution >= 0.6 is 0 Å². The first-order valence-corrected chi connectivity index (χ1v) is 9.73. The summed E-state index contributed by atoms with van der Waals surface area (Å²) in [6.45, 7) is 4.06. The first kappa shape index (κ1) is 20.0. The molecule has 0 unspecified atom stereocenters. The molecule has 2 aromatic heterocycles. The molecule has 0 bridgehead atoms. The largest absolute Gasteiger partial charge is 0.490 e. The van der Waals surface area contributed by atoms with Gasteiger partial charge in [-0.25, -0.2) is 10.4 Å². The topological polar surface area (TPSA) is 76.5 Å². The van der Waals surface area contributed by atoms with Crippen molar-refractivity contribution in [2.45, 2.75) is 0 Å². The summed E-state index contributed by atoms with van der Waals surface area (Å²) in [5, 5.41) is 4.86. The number of fused-ring (bicyclic) bond motifs is 1. The first-order chi connectivity index (χ1) is 15.2. The van der Waals surface area contributed by atoms with Gasteiger partial charge < -0.3 is 4.74 Å². The van der Waals surface area contributed by atoms with Crippen LogP contribution in [-0.4, -0.2) is 28.7 Å². The first-order valence-electron chi connectivity index (χ1n) is 9.73. The summed E-state index contributed by atoms with van der Waals surface area (Å²) in [6, 6.07) is 22.2. The SMILES string of the molecule is C=CCOc1cccc(/C=N\NC(=O)c2cc(-c3ccccn3)nc3ccccc23)c1. The van der Waals surface area contributed by atoms with Crippen LogP contribution in [0, 0.1) is 0 Å². The van der Waals surface area contributed by atoms with E-state index < -0.39 is 0 Å². The maximum atomic E-state index is 12.9. The number of nitrogens with one attached hydrogen (secondary N) is 1. The highest BCUT2D eigenvalue weighted by Gasteiger charge is 2.14. The molecule has 0 saturated heterocycles. The molecular formula is C25H20N4O2.